The second-order valence-electron chi connectivity index (χ2n) is 3.02. The molecular formula is C10H11FN2S. The first kappa shape index (κ1) is 9.52. The van der Waals surface area contributed by atoms with Gasteiger partial charge in [-0.2, -0.15) is 0 Å². The van der Waals surface area contributed by atoms with Crippen LogP contribution < -0.4 is 5.32 Å². The van der Waals surface area contributed by atoms with Crippen LogP contribution in [0.2, 0.25) is 0 Å². The molecule has 2 nitrogen and oxygen atoms in total. The Kier molecular flexibility index (Phi) is 3.03. The molecule has 1 aliphatic rings. The van der Waals surface area contributed by atoms with Gasteiger partial charge in [-0.1, -0.05) is 17.8 Å². The van der Waals surface area contributed by atoms with E-state index in [1.807, 2.05) is 6.07 Å². The number of nitrogens with one attached hydrogen (secondary N) is 1. The van der Waals surface area contributed by atoms with E-state index in [-0.39, 0.29) is 5.82 Å². The van der Waals surface area contributed by atoms with Gasteiger partial charge < -0.3 is 5.32 Å². The summed E-state index contributed by atoms with van der Waals surface area (Å²) in [5.74, 6) is 0.859. The molecule has 0 saturated heterocycles. The van der Waals surface area contributed by atoms with Crippen LogP contribution in [-0.4, -0.2) is 17.5 Å². The zero-order valence-electron chi connectivity index (χ0n) is 7.66. The van der Waals surface area contributed by atoms with Crippen LogP contribution in [0.1, 0.15) is 6.42 Å². The standard InChI is InChI=1S/C10H11FN2S/c11-8-3-1-4-9(7-8)13-10-12-5-2-6-14-10/h1,3-4,7H,2,5-6H2,(H,12,13). The van der Waals surface area contributed by atoms with Crippen LogP contribution >= 0.6 is 11.8 Å². The van der Waals surface area contributed by atoms with E-state index < -0.39 is 0 Å². The Morgan fingerprint density at radius 3 is 3.07 bits per heavy atom. The number of hydrogen-bond donors (Lipinski definition) is 1. The van der Waals surface area contributed by atoms with E-state index in [0.717, 1.165) is 29.6 Å². The molecule has 0 amide bonds. The highest BCUT2D eigenvalue weighted by atomic mass is 32.2. The quantitative estimate of drug-likeness (QED) is 0.770. The average molecular weight is 210 g/mol. The van der Waals surface area contributed by atoms with Crippen molar-refractivity contribution in [1.82, 2.24) is 0 Å². The van der Waals surface area contributed by atoms with E-state index in [2.05, 4.69) is 10.3 Å². The lowest BCUT2D eigenvalue weighted by atomic mass is 10.3. The minimum absolute atomic E-state index is 0.226. The van der Waals surface area contributed by atoms with Crippen molar-refractivity contribution in [2.24, 2.45) is 4.99 Å². The van der Waals surface area contributed by atoms with E-state index >= 15 is 0 Å². The summed E-state index contributed by atoms with van der Waals surface area (Å²) >= 11 is 1.68. The number of aliphatic imine (C=N–C) groups is 1. The number of rotatable bonds is 1. The fraction of sp³-hybridized carbons (Fsp3) is 0.300. The highest BCUT2D eigenvalue weighted by Gasteiger charge is 2.05. The highest BCUT2D eigenvalue weighted by Crippen LogP contribution is 2.16. The smallest absolute Gasteiger partial charge is 0.161 e. The number of halogens is 1. The number of hydrogen-bond acceptors (Lipinski definition) is 3. The molecule has 0 spiro atoms. The number of nitrogens with zero attached hydrogens (tertiary/aromatic N) is 1. The van der Waals surface area contributed by atoms with Crippen molar-refractivity contribution in [3.8, 4) is 0 Å². The number of anilines is 1. The van der Waals surface area contributed by atoms with Gasteiger partial charge in [-0.25, -0.2) is 4.39 Å². The lowest BCUT2D eigenvalue weighted by Gasteiger charge is -2.12. The van der Waals surface area contributed by atoms with Crippen LogP contribution in [0, 0.1) is 5.82 Å². The topological polar surface area (TPSA) is 24.4 Å². The van der Waals surface area contributed by atoms with Crippen LogP contribution in [-0.2, 0) is 0 Å². The van der Waals surface area contributed by atoms with Gasteiger partial charge in [-0.15, -0.1) is 0 Å². The maximum absolute atomic E-state index is 12.8. The molecule has 1 aromatic rings. The van der Waals surface area contributed by atoms with Crippen molar-refractivity contribution < 1.29 is 4.39 Å². The minimum Gasteiger partial charge on any atom is -0.335 e. The molecule has 0 radical (unpaired) electrons. The second kappa shape index (κ2) is 4.46. The van der Waals surface area contributed by atoms with E-state index in [9.17, 15) is 4.39 Å². The van der Waals surface area contributed by atoms with Gasteiger partial charge >= 0.3 is 0 Å². The molecule has 0 atom stereocenters. The molecule has 0 aromatic heterocycles. The minimum atomic E-state index is -0.226. The summed E-state index contributed by atoms with van der Waals surface area (Å²) in [6.45, 7) is 0.866. The molecule has 4 heteroatoms. The van der Waals surface area contributed by atoms with E-state index in [0.29, 0.717) is 0 Å². The van der Waals surface area contributed by atoms with Gasteiger partial charge in [-0.3, -0.25) is 4.99 Å². The molecule has 0 fully saturated rings. The first-order valence-corrected chi connectivity index (χ1v) is 5.53. The number of benzene rings is 1. The SMILES string of the molecule is Fc1cccc(NC2=NCCCS2)c1. The highest BCUT2D eigenvalue weighted by molar-refractivity contribution is 8.14. The Morgan fingerprint density at radius 1 is 1.43 bits per heavy atom. The maximum atomic E-state index is 12.8. The monoisotopic (exact) mass is 210 g/mol. The fourth-order valence-electron chi connectivity index (χ4n) is 1.22. The summed E-state index contributed by atoms with van der Waals surface area (Å²) in [6, 6.07) is 6.42. The van der Waals surface area contributed by atoms with Crippen LogP contribution in [0.15, 0.2) is 29.3 Å². The molecule has 0 unspecified atom stereocenters. The molecule has 1 aromatic carbocycles. The van der Waals surface area contributed by atoms with Crippen molar-refractivity contribution >= 4 is 22.6 Å². The molecule has 1 heterocycles. The summed E-state index contributed by atoms with van der Waals surface area (Å²) in [5.41, 5.74) is 0.762. The van der Waals surface area contributed by atoms with Gasteiger partial charge in [-0.05, 0) is 24.6 Å². The third kappa shape index (κ3) is 2.48. The average Bonchev–Trinajstić information content (AvgIpc) is 2.19. The predicted octanol–water partition coefficient (Wildman–Crippen LogP) is 2.73. The van der Waals surface area contributed by atoms with Crippen molar-refractivity contribution in [2.75, 3.05) is 17.6 Å². The Bertz CT molecular complexity index is 352. The lowest BCUT2D eigenvalue weighted by Crippen LogP contribution is -2.13. The van der Waals surface area contributed by atoms with Crippen molar-refractivity contribution in [1.29, 1.82) is 0 Å². The van der Waals surface area contributed by atoms with Crippen molar-refractivity contribution in [3.63, 3.8) is 0 Å². The zero-order chi connectivity index (χ0) is 9.80. The molecule has 0 saturated carbocycles. The molecule has 2 rings (SSSR count). The third-order valence-electron chi connectivity index (χ3n) is 1.87. The zero-order valence-corrected chi connectivity index (χ0v) is 8.48. The summed E-state index contributed by atoms with van der Waals surface area (Å²) in [6.07, 6.45) is 1.12. The van der Waals surface area contributed by atoms with Crippen LogP contribution in [0.4, 0.5) is 10.1 Å². The van der Waals surface area contributed by atoms with Gasteiger partial charge in [0.05, 0.1) is 0 Å². The molecule has 0 bridgehead atoms. The Morgan fingerprint density at radius 2 is 2.36 bits per heavy atom. The number of amidine groups is 1. The van der Waals surface area contributed by atoms with Gasteiger partial charge in [0.15, 0.2) is 5.17 Å². The van der Waals surface area contributed by atoms with Crippen LogP contribution in [0.3, 0.4) is 0 Å². The van der Waals surface area contributed by atoms with Crippen LogP contribution in [0.25, 0.3) is 0 Å². The first-order chi connectivity index (χ1) is 6.84. The molecule has 14 heavy (non-hydrogen) atoms. The molecular weight excluding hydrogens is 199 g/mol. The fourth-order valence-corrected chi connectivity index (χ4v) is 2.06. The summed E-state index contributed by atoms with van der Waals surface area (Å²) in [4.78, 5) is 4.30. The van der Waals surface area contributed by atoms with E-state index in [4.69, 9.17) is 0 Å². The summed E-state index contributed by atoms with van der Waals surface area (Å²) in [5, 5.41) is 3.99. The molecule has 1 aliphatic heterocycles. The van der Waals surface area contributed by atoms with Gasteiger partial charge in [0.25, 0.3) is 0 Å². The lowest BCUT2D eigenvalue weighted by molar-refractivity contribution is 0.628. The first-order valence-electron chi connectivity index (χ1n) is 4.54. The largest absolute Gasteiger partial charge is 0.335 e. The Balaban J connectivity index is 2.06. The Labute approximate surface area is 86.6 Å². The second-order valence-corrected chi connectivity index (χ2v) is 4.11. The number of thioether (sulfide) groups is 1. The molecule has 1 N–H and O–H groups in total. The molecule has 0 aliphatic carbocycles. The van der Waals surface area contributed by atoms with Crippen molar-refractivity contribution in [2.45, 2.75) is 6.42 Å². The summed E-state index contributed by atoms with van der Waals surface area (Å²) in [7, 11) is 0. The van der Waals surface area contributed by atoms with Crippen LogP contribution in [0.5, 0.6) is 0 Å². The third-order valence-corrected chi connectivity index (χ3v) is 2.87. The van der Waals surface area contributed by atoms with Gasteiger partial charge in [0.1, 0.15) is 5.82 Å². The van der Waals surface area contributed by atoms with E-state index in [1.54, 1.807) is 17.8 Å². The van der Waals surface area contributed by atoms with Crippen molar-refractivity contribution in [3.05, 3.63) is 30.1 Å². The Hall–Kier alpha value is -1.03. The molecule has 74 valence electrons. The predicted molar refractivity (Wildman–Crippen MR) is 59.4 cm³/mol. The van der Waals surface area contributed by atoms with Gasteiger partial charge in [0.2, 0.25) is 0 Å². The van der Waals surface area contributed by atoms with Gasteiger partial charge in [0, 0.05) is 18.0 Å². The maximum Gasteiger partial charge on any atom is 0.161 e. The normalized spacial score (nSPS) is 16.2. The summed E-state index contributed by atoms with van der Waals surface area (Å²) < 4.78 is 12.8. The van der Waals surface area contributed by atoms with E-state index in [1.165, 1.54) is 12.1 Å².